The average Bonchev–Trinajstić information content (AvgIpc) is 2.82. The number of sulfonamides is 2. The van der Waals surface area contributed by atoms with Crippen molar-refractivity contribution in [3.63, 3.8) is 0 Å². The highest BCUT2D eigenvalue weighted by Gasteiger charge is 2.26. The second-order valence-corrected chi connectivity index (χ2v) is 10.7. The molecular formula is C20H25N3O7S2. The summed E-state index contributed by atoms with van der Waals surface area (Å²) in [6.45, 7) is 1.73. The van der Waals surface area contributed by atoms with E-state index in [0.717, 1.165) is 0 Å². The van der Waals surface area contributed by atoms with Gasteiger partial charge in [0.05, 0.1) is 29.5 Å². The van der Waals surface area contributed by atoms with Crippen LogP contribution in [0.5, 0.6) is 5.75 Å². The molecule has 1 aliphatic rings. The molecule has 0 atom stereocenters. The summed E-state index contributed by atoms with van der Waals surface area (Å²) in [4.78, 5) is 12.4. The van der Waals surface area contributed by atoms with Crippen molar-refractivity contribution in [2.45, 2.75) is 9.79 Å². The normalized spacial score (nSPS) is 15.3. The third-order valence-corrected chi connectivity index (χ3v) is 8.09. The van der Waals surface area contributed by atoms with Crippen LogP contribution in [0.15, 0.2) is 58.3 Å². The number of ether oxygens (including phenoxy) is 2. The van der Waals surface area contributed by atoms with Gasteiger partial charge in [-0.25, -0.2) is 21.6 Å². The number of morpholine rings is 1. The van der Waals surface area contributed by atoms with Crippen molar-refractivity contribution in [1.82, 2.24) is 14.3 Å². The van der Waals surface area contributed by atoms with E-state index < -0.39 is 26.0 Å². The molecule has 3 rings (SSSR count). The van der Waals surface area contributed by atoms with Gasteiger partial charge in [0.2, 0.25) is 20.0 Å². The van der Waals surface area contributed by atoms with E-state index in [4.69, 9.17) is 9.47 Å². The number of hydrogen-bond acceptors (Lipinski definition) is 7. The van der Waals surface area contributed by atoms with Crippen LogP contribution >= 0.6 is 0 Å². The third kappa shape index (κ3) is 5.84. The quantitative estimate of drug-likeness (QED) is 0.494. The highest BCUT2D eigenvalue weighted by atomic mass is 32.2. The van der Waals surface area contributed by atoms with Crippen molar-refractivity contribution in [1.29, 1.82) is 0 Å². The summed E-state index contributed by atoms with van der Waals surface area (Å²) in [5.74, 6) is 0.0241. The number of amides is 1. The van der Waals surface area contributed by atoms with Gasteiger partial charge in [-0.2, -0.15) is 4.31 Å². The van der Waals surface area contributed by atoms with E-state index in [1.54, 1.807) is 12.1 Å². The fraction of sp³-hybridized carbons (Fsp3) is 0.350. The van der Waals surface area contributed by atoms with Crippen LogP contribution in [-0.4, -0.2) is 73.6 Å². The number of benzene rings is 2. The van der Waals surface area contributed by atoms with Crippen molar-refractivity contribution < 1.29 is 31.1 Å². The monoisotopic (exact) mass is 483 g/mol. The van der Waals surface area contributed by atoms with Gasteiger partial charge in [0.1, 0.15) is 12.4 Å². The zero-order valence-corrected chi connectivity index (χ0v) is 19.1. The van der Waals surface area contributed by atoms with Gasteiger partial charge in [-0.05, 0) is 49.5 Å². The van der Waals surface area contributed by atoms with Gasteiger partial charge in [0, 0.05) is 18.7 Å². The maximum Gasteiger partial charge on any atom is 0.251 e. The molecule has 0 aromatic heterocycles. The lowest BCUT2D eigenvalue weighted by atomic mass is 10.2. The van der Waals surface area contributed by atoms with Gasteiger partial charge < -0.3 is 14.8 Å². The van der Waals surface area contributed by atoms with Crippen molar-refractivity contribution in [2.75, 3.05) is 46.5 Å². The average molecular weight is 484 g/mol. The molecule has 0 saturated carbocycles. The maximum absolute atomic E-state index is 12.6. The zero-order valence-electron chi connectivity index (χ0n) is 17.5. The topological polar surface area (TPSA) is 131 Å². The molecule has 1 fully saturated rings. The highest BCUT2D eigenvalue weighted by Crippen LogP contribution is 2.20. The summed E-state index contributed by atoms with van der Waals surface area (Å²) in [5, 5.41) is 2.65. The smallest absolute Gasteiger partial charge is 0.251 e. The van der Waals surface area contributed by atoms with Gasteiger partial charge in [-0.15, -0.1) is 0 Å². The summed E-state index contributed by atoms with van der Waals surface area (Å²) < 4.78 is 63.3. The predicted molar refractivity (Wildman–Crippen MR) is 117 cm³/mol. The number of rotatable bonds is 9. The molecule has 2 aromatic carbocycles. The summed E-state index contributed by atoms with van der Waals surface area (Å²) >= 11 is 0. The van der Waals surface area contributed by atoms with E-state index in [1.165, 1.54) is 47.8 Å². The van der Waals surface area contributed by atoms with Crippen molar-refractivity contribution in [2.24, 2.45) is 0 Å². The Morgan fingerprint density at radius 1 is 1.03 bits per heavy atom. The van der Waals surface area contributed by atoms with Gasteiger partial charge in [-0.3, -0.25) is 4.79 Å². The zero-order chi connectivity index (χ0) is 23.2. The van der Waals surface area contributed by atoms with Crippen LogP contribution in [0.3, 0.4) is 0 Å². The van der Waals surface area contributed by atoms with Crippen LogP contribution in [0.25, 0.3) is 0 Å². The molecule has 1 heterocycles. The second kappa shape index (κ2) is 10.4. The minimum absolute atomic E-state index is 0.00368. The Kier molecular flexibility index (Phi) is 7.85. The van der Waals surface area contributed by atoms with Crippen LogP contribution in [0.4, 0.5) is 0 Å². The lowest BCUT2D eigenvalue weighted by Crippen LogP contribution is -2.40. The molecule has 0 radical (unpaired) electrons. The summed E-state index contributed by atoms with van der Waals surface area (Å²) in [6, 6.07) is 11.8. The molecule has 10 nitrogen and oxygen atoms in total. The van der Waals surface area contributed by atoms with E-state index in [0.29, 0.717) is 32.1 Å². The minimum Gasteiger partial charge on any atom is -0.492 e. The van der Waals surface area contributed by atoms with E-state index in [2.05, 4.69) is 10.0 Å². The molecule has 12 heteroatoms. The van der Waals surface area contributed by atoms with Crippen LogP contribution in [0.1, 0.15) is 10.4 Å². The molecular weight excluding hydrogens is 458 g/mol. The second-order valence-electron chi connectivity index (χ2n) is 6.83. The maximum atomic E-state index is 12.6. The molecule has 2 N–H and O–H groups in total. The lowest BCUT2D eigenvalue weighted by Gasteiger charge is -2.26. The van der Waals surface area contributed by atoms with Crippen LogP contribution in [0, 0.1) is 0 Å². The fourth-order valence-corrected chi connectivity index (χ4v) is 5.19. The van der Waals surface area contributed by atoms with Crippen LogP contribution in [0.2, 0.25) is 0 Å². The third-order valence-electron chi connectivity index (χ3n) is 4.76. The molecule has 1 saturated heterocycles. The molecule has 0 aliphatic carbocycles. The Morgan fingerprint density at radius 3 is 2.38 bits per heavy atom. The molecule has 0 bridgehead atoms. The fourth-order valence-electron chi connectivity index (χ4n) is 3.00. The Labute approximate surface area is 187 Å². The van der Waals surface area contributed by atoms with Crippen LogP contribution < -0.4 is 14.8 Å². The Hall–Kier alpha value is -2.51. The first-order chi connectivity index (χ1) is 15.2. The van der Waals surface area contributed by atoms with Crippen molar-refractivity contribution >= 4 is 26.0 Å². The molecule has 174 valence electrons. The summed E-state index contributed by atoms with van der Waals surface area (Å²) in [5.41, 5.74) is 0.207. The standard InChI is InChI=1S/C20H25N3O7S2/c1-21-31(25,26)19-4-2-3-16(15-19)20(24)22-9-12-30-17-5-7-18(8-6-17)32(27,28)23-10-13-29-14-11-23/h2-8,15,21H,9-14H2,1H3,(H,22,24). The molecule has 0 unspecified atom stereocenters. The van der Waals surface area contributed by atoms with Crippen LogP contribution in [-0.2, 0) is 24.8 Å². The van der Waals surface area contributed by atoms with Gasteiger partial charge in [0.25, 0.3) is 5.91 Å². The molecule has 2 aromatic rings. The highest BCUT2D eigenvalue weighted by molar-refractivity contribution is 7.89. The number of hydrogen-bond donors (Lipinski definition) is 2. The van der Waals surface area contributed by atoms with Crippen molar-refractivity contribution in [3.8, 4) is 5.75 Å². The molecule has 1 aliphatic heterocycles. The summed E-state index contributed by atoms with van der Waals surface area (Å²) in [6.07, 6.45) is 0. The first kappa shape index (κ1) is 24.1. The Bertz CT molecular complexity index is 1140. The molecule has 0 spiro atoms. The lowest BCUT2D eigenvalue weighted by molar-refractivity contribution is 0.0730. The number of carbonyl (C=O) groups is 1. The Morgan fingerprint density at radius 2 is 1.72 bits per heavy atom. The molecule has 32 heavy (non-hydrogen) atoms. The first-order valence-electron chi connectivity index (χ1n) is 9.86. The van der Waals surface area contributed by atoms with Gasteiger partial charge in [0.15, 0.2) is 0 Å². The molecule has 1 amide bonds. The summed E-state index contributed by atoms with van der Waals surface area (Å²) in [7, 11) is -5.92. The predicted octanol–water partition coefficient (Wildman–Crippen LogP) is 0.424. The first-order valence-corrected chi connectivity index (χ1v) is 12.8. The Balaban J connectivity index is 1.51. The largest absolute Gasteiger partial charge is 0.492 e. The number of nitrogens with zero attached hydrogens (tertiary/aromatic N) is 1. The van der Waals surface area contributed by atoms with E-state index >= 15 is 0 Å². The minimum atomic E-state index is -3.64. The number of carbonyl (C=O) groups excluding carboxylic acids is 1. The van der Waals surface area contributed by atoms with E-state index in [1.807, 2.05) is 0 Å². The van der Waals surface area contributed by atoms with E-state index in [-0.39, 0.29) is 28.5 Å². The van der Waals surface area contributed by atoms with E-state index in [9.17, 15) is 21.6 Å². The SMILES string of the molecule is CNS(=O)(=O)c1cccc(C(=O)NCCOc2ccc(S(=O)(=O)N3CCOCC3)cc2)c1. The van der Waals surface area contributed by atoms with Crippen molar-refractivity contribution in [3.05, 3.63) is 54.1 Å². The van der Waals surface area contributed by atoms with Gasteiger partial charge in [-0.1, -0.05) is 6.07 Å². The van der Waals surface area contributed by atoms with Gasteiger partial charge >= 0.3 is 0 Å². The number of nitrogens with one attached hydrogen (secondary N) is 2.